The van der Waals surface area contributed by atoms with Crippen LogP contribution in [0.1, 0.15) is 40.9 Å². The summed E-state index contributed by atoms with van der Waals surface area (Å²) in [5.74, 6) is -1.12. The molecule has 1 atom stereocenters. The van der Waals surface area contributed by atoms with Crippen molar-refractivity contribution in [2.24, 2.45) is 0 Å². The number of carbonyl (C=O) groups is 3. The van der Waals surface area contributed by atoms with Crippen LogP contribution in [0.5, 0.6) is 5.75 Å². The summed E-state index contributed by atoms with van der Waals surface area (Å²) in [6.07, 6.45) is 0.744. The van der Waals surface area contributed by atoms with Crippen molar-refractivity contribution in [3.63, 3.8) is 0 Å². The number of nitrogens with one attached hydrogen (secondary N) is 2. The van der Waals surface area contributed by atoms with Crippen molar-refractivity contribution >= 4 is 23.5 Å². The maximum Gasteiger partial charge on any atom is 0.340 e. The molecule has 0 spiro atoms. The van der Waals surface area contributed by atoms with E-state index in [-0.39, 0.29) is 29.8 Å². The second-order valence-electron chi connectivity index (χ2n) is 7.86. The predicted octanol–water partition coefficient (Wildman–Crippen LogP) is 4.44. The second-order valence-corrected chi connectivity index (χ2v) is 7.86. The molecule has 0 aliphatic carbocycles. The molecule has 8 heteroatoms. The van der Waals surface area contributed by atoms with Gasteiger partial charge in [-0.1, -0.05) is 36.4 Å². The molecule has 2 N–H and O–H groups in total. The summed E-state index contributed by atoms with van der Waals surface area (Å²) in [7, 11) is 1.59. The van der Waals surface area contributed by atoms with Gasteiger partial charge in [0.15, 0.2) is 6.61 Å². The average molecular weight is 479 g/mol. The standard InChI is InChI=1S/C27H27FN2O5/c1-18(20-10-12-21(28)13-11-20)29-26(32)17-35-27(33)23-5-3-4-6-24(23)30-25(31)16-9-19-7-14-22(34-2)15-8-19/h3-8,10-15,18H,9,16-17H2,1-2H3,(H,29,32)(H,30,31). The lowest BCUT2D eigenvalue weighted by molar-refractivity contribution is -0.124. The van der Waals surface area contributed by atoms with Gasteiger partial charge in [-0.25, -0.2) is 9.18 Å². The van der Waals surface area contributed by atoms with Crippen LogP contribution in [0.4, 0.5) is 10.1 Å². The van der Waals surface area contributed by atoms with Gasteiger partial charge in [0.1, 0.15) is 11.6 Å². The van der Waals surface area contributed by atoms with Crippen LogP contribution in [0.3, 0.4) is 0 Å². The fourth-order valence-electron chi connectivity index (χ4n) is 3.36. The first-order valence-electron chi connectivity index (χ1n) is 11.1. The molecule has 2 amide bonds. The fourth-order valence-corrected chi connectivity index (χ4v) is 3.36. The lowest BCUT2D eigenvalue weighted by Crippen LogP contribution is -2.31. The van der Waals surface area contributed by atoms with Gasteiger partial charge in [-0.05, 0) is 60.9 Å². The van der Waals surface area contributed by atoms with Crippen LogP contribution in [0.25, 0.3) is 0 Å². The highest BCUT2D eigenvalue weighted by atomic mass is 19.1. The molecule has 0 aliphatic heterocycles. The number of para-hydroxylation sites is 1. The Kier molecular flexibility index (Phi) is 8.95. The molecule has 0 heterocycles. The number of hydrogen-bond acceptors (Lipinski definition) is 5. The first kappa shape index (κ1) is 25.4. The van der Waals surface area contributed by atoms with E-state index in [2.05, 4.69) is 10.6 Å². The van der Waals surface area contributed by atoms with E-state index < -0.39 is 18.5 Å². The van der Waals surface area contributed by atoms with Crippen LogP contribution in [0.2, 0.25) is 0 Å². The predicted molar refractivity (Wildman–Crippen MR) is 130 cm³/mol. The van der Waals surface area contributed by atoms with E-state index in [0.717, 1.165) is 11.3 Å². The molecular formula is C27H27FN2O5. The molecule has 3 rings (SSSR count). The van der Waals surface area contributed by atoms with Crippen molar-refractivity contribution in [3.8, 4) is 5.75 Å². The Morgan fingerprint density at radius 3 is 2.29 bits per heavy atom. The average Bonchev–Trinajstić information content (AvgIpc) is 2.87. The Bertz CT molecular complexity index is 1160. The summed E-state index contributed by atoms with van der Waals surface area (Å²) in [5.41, 5.74) is 2.14. The van der Waals surface area contributed by atoms with E-state index in [0.29, 0.717) is 17.7 Å². The molecule has 3 aromatic rings. The van der Waals surface area contributed by atoms with Gasteiger partial charge >= 0.3 is 5.97 Å². The quantitative estimate of drug-likeness (QED) is 0.420. The molecule has 0 aromatic heterocycles. The molecule has 182 valence electrons. The largest absolute Gasteiger partial charge is 0.497 e. The number of hydrogen-bond donors (Lipinski definition) is 2. The van der Waals surface area contributed by atoms with E-state index in [1.165, 1.54) is 18.2 Å². The maximum atomic E-state index is 13.1. The third-order valence-corrected chi connectivity index (χ3v) is 5.30. The molecule has 1 unspecified atom stereocenters. The number of carbonyl (C=O) groups excluding carboxylic acids is 3. The minimum absolute atomic E-state index is 0.143. The molecule has 7 nitrogen and oxygen atoms in total. The van der Waals surface area contributed by atoms with Gasteiger partial charge in [-0.2, -0.15) is 0 Å². The van der Waals surface area contributed by atoms with Gasteiger partial charge in [0.2, 0.25) is 5.91 Å². The lowest BCUT2D eigenvalue weighted by Gasteiger charge is -2.15. The zero-order valence-corrected chi connectivity index (χ0v) is 19.5. The first-order chi connectivity index (χ1) is 16.9. The van der Waals surface area contributed by atoms with Gasteiger partial charge in [-0.3, -0.25) is 9.59 Å². The summed E-state index contributed by atoms with van der Waals surface area (Å²) < 4.78 is 23.3. The second kappa shape index (κ2) is 12.3. The zero-order valence-electron chi connectivity index (χ0n) is 19.5. The number of aryl methyl sites for hydroxylation is 1. The van der Waals surface area contributed by atoms with Crippen LogP contribution in [0.15, 0.2) is 72.8 Å². The first-order valence-corrected chi connectivity index (χ1v) is 11.1. The summed E-state index contributed by atoms with van der Waals surface area (Å²) in [5, 5.41) is 5.43. The highest BCUT2D eigenvalue weighted by molar-refractivity contribution is 6.01. The monoisotopic (exact) mass is 478 g/mol. The van der Waals surface area contributed by atoms with E-state index >= 15 is 0 Å². The SMILES string of the molecule is COc1ccc(CCC(=O)Nc2ccccc2C(=O)OCC(=O)NC(C)c2ccc(F)cc2)cc1. The lowest BCUT2D eigenvalue weighted by atomic mass is 10.1. The van der Waals surface area contributed by atoms with E-state index in [4.69, 9.17) is 9.47 Å². The normalized spacial score (nSPS) is 11.3. The number of rotatable bonds is 10. The third-order valence-electron chi connectivity index (χ3n) is 5.30. The Morgan fingerprint density at radius 1 is 0.914 bits per heavy atom. The molecular weight excluding hydrogens is 451 g/mol. The number of halogens is 1. The number of anilines is 1. The van der Waals surface area contributed by atoms with E-state index in [1.54, 1.807) is 44.4 Å². The van der Waals surface area contributed by atoms with Gasteiger partial charge in [-0.15, -0.1) is 0 Å². The zero-order chi connectivity index (χ0) is 25.2. The minimum atomic E-state index is -0.736. The summed E-state index contributed by atoms with van der Waals surface area (Å²) in [4.78, 5) is 37.2. The minimum Gasteiger partial charge on any atom is -0.497 e. The summed E-state index contributed by atoms with van der Waals surface area (Å²) >= 11 is 0. The van der Waals surface area contributed by atoms with Crippen molar-refractivity contribution < 1.29 is 28.2 Å². The Balaban J connectivity index is 1.51. The molecule has 0 bridgehead atoms. The number of amides is 2. The number of benzene rings is 3. The number of esters is 1. The molecule has 0 saturated heterocycles. The molecule has 0 aliphatic rings. The van der Waals surface area contributed by atoms with Gasteiger partial charge < -0.3 is 20.1 Å². The third kappa shape index (κ3) is 7.67. The Morgan fingerprint density at radius 2 is 1.60 bits per heavy atom. The fraction of sp³-hybridized carbons (Fsp3) is 0.222. The highest BCUT2D eigenvalue weighted by Gasteiger charge is 2.17. The van der Waals surface area contributed by atoms with Gasteiger partial charge in [0, 0.05) is 6.42 Å². The van der Waals surface area contributed by atoms with Crippen LogP contribution in [-0.2, 0) is 20.7 Å². The van der Waals surface area contributed by atoms with Crippen LogP contribution in [0, 0.1) is 5.82 Å². The smallest absolute Gasteiger partial charge is 0.340 e. The number of methoxy groups -OCH3 is 1. The Labute approximate surface area is 203 Å². The van der Waals surface area contributed by atoms with Crippen molar-refractivity contribution in [1.29, 1.82) is 0 Å². The molecule has 35 heavy (non-hydrogen) atoms. The van der Waals surface area contributed by atoms with Crippen molar-refractivity contribution in [3.05, 3.63) is 95.3 Å². The van der Waals surface area contributed by atoms with Crippen molar-refractivity contribution in [2.45, 2.75) is 25.8 Å². The summed E-state index contributed by atoms with van der Waals surface area (Å²) in [6.45, 7) is 1.24. The van der Waals surface area contributed by atoms with Crippen LogP contribution in [-0.4, -0.2) is 31.5 Å². The van der Waals surface area contributed by atoms with Gasteiger partial charge in [0.05, 0.1) is 24.4 Å². The van der Waals surface area contributed by atoms with Crippen molar-refractivity contribution in [2.75, 3.05) is 19.0 Å². The molecule has 0 radical (unpaired) electrons. The van der Waals surface area contributed by atoms with Crippen LogP contribution >= 0.6 is 0 Å². The molecule has 0 saturated carbocycles. The molecule has 0 fully saturated rings. The topological polar surface area (TPSA) is 93.7 Å². The van der Waals surface area contributed by atoms with Crippen molar-refractivity contribution in [1.82, 2.24) is 5.32 Å². The highest BCUT2D eigenvalue weighted by Crippen LogP contribution is 2.18. The van der Waals surface area contributed by atoms with E-state index in [9.17, 15) is 18.8 Å². The number of ether oxygens (including phenoxy) is 2. The van der Waals surface area contributed by atoms with Crippen LogP contribution < -0.4 is 15.4 Å². The maximum absolute atomic E-state index is 13.1. The summed E-state index contributed by atoms with van der Waals surface area (Å²) in [6, 6.07) is 19.2. The van der Waals surface area contributed by atoms with E-state index in [1.807, 2.05) is 24.3 Å². The molecule has 3 aromatic carbocycles. The Hall–Kier alpha value is -4.20. The van der Waals surface area contributed by atoms with Gasteiger partial charge in [0.25, 0.3) is 5.91 Å².